The second-order valence-corrected chi connectivity index (χ2v) is 6.32. The number of hydrogen-bond donors (Lipinski definition) is 1. The van der Waals surface area contributed by atoms with Gasteiger partial charge in [0.1, 0.15) is 10.4 Å². The summed E-state index contributed by atoms with van der Waals surface area (Å²) in [7, 11) is 1.70. The van der Waals surface area contributed by atoms with Crippen molar-refractivity contribution >= 4 is 21.6 Å². The third-order valence-electron chi connectivity index (χ3n) is 3.90. The van der Waals surface area contributed by atoms with Crippen molar-refractivity contribution in [2.45, 2.75) is 25.8 Å². The Balaban J connectivity index is 1.82. The van der Waals surface area contributed by atoms with Gasteiger partial charge >= 0.3 is 0 Å². The summed E-state index contributed by atoms with van der Waals surface area (Å²) in [5.41, 5.74) is 3.52. The lowest BCUT2D eigenvalue weighted by Crippen LogP contribution is -2.13. The highest BCUT2D eigenvalue weighted by Gasteiger charge is 2.32. The highest BCUT2D eigenvalue weighted by atomic mass is 79.9. The van der Waals surface area contributed by atoms with Gasteiger partial charge in [-0.3, -0.25) is 0 Å². The number of hydrogen-bond acceptors (Lipinski definition) is 3. The Labute approximate surface area is 133 Å². The fourth-order valence-electron chi connectivity index (χ4n) is 2.53. The Kier molecular flexibility index (Phi) is 4.15. The Hall–Kier alpha value is -1.55. The van der Waals surface area contributed by atoms with Crippen molar-refractivity contribution in [2.75, 3.05) is 12.4 Å². The van der Waals surface area contributed by atoms with Gasteiger partial charge in [-0.05, 0) is 70.9 Å². The molecule has 1 aliphatic carbocycles. The molecule has 3 nitrogen and oxygen atoms in total. The predicted octanol–water partition coefficient (Wildman–Crippen LogP) is 4.72. The molecule has 1 fully saturated rings. The van der Waals surface area contributed by atoms with E-state index in [0.717, 1.165) is 21.6 Å². The molecule has 1 unspecified atom stereocenters. The van der Waals surface area contributed by atoms with Gasteiger partial charge in [-0.15, -0.1) is 0 Å². The van der Waals surface area contributed by atoms with Gasteiger partial charge in [0.25, 0.3) is 0 Å². The first kappa shape index (κ1) is 14.4. The van der Waals surface area contributed by atoms with E-state index >= 15 is 0 Å². The zero-order valence-electron chi connectivity index (χ0n) is 12.3. The van der Waals surface area contributed by atoms with Crippen LogP contribution in [0.3, 0.4) is 0 Å². The molecular weight excluding hydrogens is 328 g/mol. The van der Waals surface area contributed by atoms with E-state index in [1.807, 2.05) is 18.3 Å². The average molecular weight is 347 g/mol. The van der Waals surface area contributed by atoms with Crippen LogP contribution in [0.4, 0.5) is 5.69 Å². The number of nitrogens with zero attached hydrogens (tertiary/aromatic N) is 1. The van der Waals surface area contributed by atoms with Gasteiger partial charge < -0.3 is 10.1 Å². The number of ether oxygens (including phenoxy) is 1. The van der Waals surface area contributed by atoms with Crippen LogP contribution in [0.25, 0.3) is 0 Å². The van der Waals surface area contributed by atoms with Gasteiger partial charge in [-0.2, -0.15) is 0 Å². The maximum atomic E-state index is 5.24. The van der Waals surface area contributed by atoms with Crippen molar-refractivity contribution in [3.05, 3.63) is 52.3 Å². The average Bonchev–Trinajstić information content (AvgIpc) is 3.33. The SMILES string of the molecule is COc1ccc(C(Nc2cnc(Br)c(C)c2)C2CC2)cc1. The topological polar surface area (TPSA) is 34.1 Å². The second kappa shape index (κ2) is 6.06. The minimum absolute atomic E-state index is 0.346. The summed E-state index contributed by atoms with van der Waals surface area (Å²) in [6.07, 6.45) is 4.45. The van der Waals surface area contributed by atoms with Crippen molar-refractivity contribution in [1.29, 1.82) is 0 Å². The number of anilines is 1. The van der Waals surface area contributed by atoms with E-state index in [9.17, 15) is 0 Å². The molecule has 0 amide bonds. The highest BCUT2D eigenvalue weighted by Crippen LogP contribution is 2.43. The molecule has 0 bridgehead atoms. The van der Waals surface area contributed by atoms with Crippen LogP contribution >= 0.6 is 15.9 Å². The number of nitrogens with one attached hydrogen (secondary N) is 1. The van der Waals surface area contributed by atoms with Crippen LogP contribution in [-0.4, -0.2) is 12.1 Å². The fourth-order valence-corrected chi connectivity index (χ4v) is 2.75. The standard InChI is InChI=1S/C17H19BrN2O/c1-11-9-14(10-19-17(11)18)20-16(12-3-4-12)13-5-7-15(21-2)8-6-13/h5-10,12,16,20H,3-4H2,1-2H3. The van der Waals surface area contributed by atoms with E-state index in [2.05, 4.69) is 51.4 Å². The quantitative estimate of drug-likeness (QED) is 0.795. The summed E-state index contributed by atoms with van der Waals surface area (Å²) in [6, 6.07) is 10.8. The molecule has 1 saturated carbocycles. The molecular formula is C17H19BrN2O. The number of methoxy groups -OCH3 is 1. The predicted molar refractivity (Wildman–Crippen MR) is 88.8 cm³/mol. The Morgan fingerprint density at radius 1 is 1.29 bits per heavy atom. The molecule has 21 heavy (non-hydrogen) atoms. The third-order valence-corrected chi connectivity index (χ3v) is 4.74. The van der Waals surface area contributed by atoms with Gasteiger partial charge in [0.05, 0.1) is 25.0 Å². The van der Waals surface area contributed by atoms with Crippen LogP contribution in [0.5, 0.6) is 5.75 Å². The van der Waals surface area contributed by atoms with Crippen LogP contribution in [0.15, 0.2) is 41.1 Å². The smallest absolute Gasteiger partial charge is 0.118 e. The molecule has 1 aromatic carbocycles. The fraction of sp³-hybridized carbons (Fsp3) is 0.353. The summed E-state index contributed by atoms with van der Waals surface area (Å²) in [5, 5.41) is 3.64. The zero-order chi connectivity index (χ0) is 14.8. The number of aryl methyl sites for hydroxylation is 1. The lowest BCUT2D eigenvalue weighted by Gasteiger charge is -2.20. The van der Waals surface area contributed by atoms with E-state index in [0.29, 0.717) is 12.0 Å². The first-order valence-corrected chi connectivity index (χ1v) is 7.99. The molecule has 0 radical (unpaired) electrons. The van der Waals surface area contributed by atoms with Gasteiger partial charge in [0.2, 0.25) is 0 Å². The summed E-state index contributed by atoms with van der Waals surface area (Å²) in [4.78, 5) is 4.37. The molecule has 4 heteroatoms. The third kappa shape index (κ3) is 3.38. The first-order valence-electron chi connectivity index (χ1n) is 7.20. The van der Waals surface area contributed by atoms with E-state index in [1.165, 1.54) is 18.4 Å². The minimum Gasteiger partial charge on any atom is -0.497 e. The van der Waals surface area contributed by atoms with E-state index in [4.69, 9.17) is 4.74 Å². The summed E-state index contributed by atoms with van der Waals surface area (Å²) in [6.45, 7) is 2.06. The summed E-state index contributed by atoms with van der Waals surface area (Å²) >= 11 is 3.44. The summed E-state index contributed by atoms with van der Waals surface area (Å²) in [5.74, 6) is 1.61. The van der Waals surface area contributed by atoms with Crippen molar-refractivity contribution < 1.29 is 4.74 Å². The van der Waals surface area contributed by atoms with Gasteiger partial charge in [-0.25, -0.2) is 4.98 Å². The minimum atomic E-state index is 0.346. The maximum Gasteiger partial charge on any atom is 0.118 e. The Bertz CT molecular complexity index is 623. The van der Waals surface area contributed by atoms with Crippen LogP contribution in [0, 0.1) is 12.8 Å². The lowest BCUT2D eigenvalue weighted by atomic mass is 10.0. The van der Waals surface area contributed by atoms with Crippen molar-refractivity contribution in [1.82, 2.24) is 4.98 Å². The molecule has 0 saturated heterocycles. The van der Waals surface area contributed by atoms with Gasteiger partial charge in [0.15, 0.2) is 0 Å². The van der Waals surface area contributed by atoms with E-state index in [-0.39, 0.29) is 0 Å². The van der Waals surface area contributed by atoms with Crippen molar-refractivity contribution in [3.8, 4) is 5.75 Å². The first-order chi connectivity index (χ1) is 10.2. The van der Waals surface area contributed by atoms with Crippen LogP contribution in [0.1, 0.15) is 30.0 Å². The van der Waals surface area contributed by atoms with Crippen molar-refractivity contribution in [3.63, 3.8) is 0 Å². The monoisotopic (exact) mass is 346 g/mol. The number of pyridine rings is 1. The van der Waals surface area contributed by atoms with Crippen molar-refractivity contribution in [2.24, 2.45) is 5.92 Å². The number of benzene rings is 1. The summed E-state index contributed by atoms with van der Waals surface area (Å²) < 4.78 is 6.14. The Morgan fingerprint density at radius 3 is 2.57 bits per heavy atom. The largest absolute Gasteiger partial charge is 0.497 e. The number of rotatable bonds is 5. The molecule has 1 heterocycles. The molecule has 1 aromatic heterocycles. The number of aromatic nitrogens is 1. The second-order valence-electron chi connectivity index (χ2n) is 5.56. The van der Waals surface area contributed by atoms with Gasteiger partial charge in [0, 0.05) is 0 Å². The normalized spacial score (nSPS) is 15.6. The van der Waals surface area contributed by atoms with Gasteiger partial charge in [-0.1, -0.05) is 12.1 Å². The molecule has 1 atom stereocenters. The van der Waals surface area contributed by atoms with E-state index in [1.54, 1.807) is 7.11 Å². The van der Waals surface area contributed by atoms with Crippen LogP contribution < -0.4 is 10.1 Å². The Morgan fingerprint density at radius 2 is 2.00 bits per heavy atom. The maximum absolute atomic E-state index is 5.24. The van der Waals surface area contributed by atoms with Crippen LogP contribution in [0.2, 0.25) is 0 Å². The zero-order valence-corrected chi connectivity index (χ0v) is 13.9. The molecule has 0 spiro atoms. The molecule has 1 N–H and O–H groups in total. The lowest BCUT2D eigenvalue weighted by molar-refractivity contribution is 0.414. The van der Waals surface area contributed by atoms with Crippen LogP contribution in [-0.2, 0) is 0 Å². The molecule has 3 rings (SSSR count). The number of halogens is 1. The highest BCUT2D eigenvalue weighted by molar-refractivity contribution is 9.10. The molecule has 0 aliphatic heterocycles. The van der Waals surface area contributed by atoms with E-state index < -0.39 is 0 Å². The molecule has 2 aromatic rings. The molecule has 1 aliphatic rings. The molecule has 110 valence electrons.